The third-order valence-corrected chi connectivity index (χ3v) is 7.88. The van der Waals surface area contributed by atoms with Gasteiger partial charge in [0, 0.05) is 27.6 Å². The molecule has 0 amide bonds. The highest BCUT2D eigenvalue weighted by molar-refractivity contribution is 6.09. The highest BCUT2D eigenvalue weighted by atomic mass is 16.5. The number of para-hydroxylation sites is 3. The van der Waals surface area contributed by atoms with Crippen LogP contribution >= 0.6 is 0 Å². The van der Waals surface area contributed by atoms with E-state index in [-0.39, 0.29) is 5.69 Å². The summed E-state index contributed by atoms with van der Waals surface area (Å²) >= 11 is 0. The van der Waals surface area contributed by atoms with Crippen LogP contribution in [-0.2, 0) is 5.41 Å². The van der Waals surface area contributed by atoms with Gasteiger partial charge in [0.1, 0.15) is 11.5 Å². The molecule has 1 aliphatic heterocycles. The number of hydrogen-bond donors (Lipinski definition) is 0. The highest BCUT2D eigenvalue weighted by Crippen LogP contribution is 2.55. The Balaban J connectivity index is 1.52. The minimum absolute atomic E-state index is 0.203. The van der Waals surface area contributed by atoms with E-state index in [2.05, 4.69) is 0 Å². The third kappa shape index (κ3) is 3.82. The molecule has 0 N–H and O–H groups in total. The molecule has 2 nitrogen and oxygen atoms in total. The van der Waals surface area contributed by atoms with Crippen molar-refractivity contribution >= 4 is 21.8 Å². The summed E-state index contributed by atoms with van der Waals surface area (Å²) in [7, 11) is 0. The zero-order chi connectivity index (χ0) is 47.2. The molecule has 8 aromatic rings. The summed E-state index contributed by atoms with van der Waals surface area (Å²) in [4.78, 5) is 0. The lowest BCUT2D eigenvalue weighted by atomic mass is 9.63. The lowest BCUT2D eigenvalue weighted by Gasteiger charge is -2.41. The van der Waals surface area contributed by atoms with E-state index in [0.717, 1.165) is 16.8 Å². The molecule has 45 heavy (non-hydrogen) atoms. The van der Waals surface area contributed by atoms with Crippen LogP contribution in [0.2, 0.25) is 0 Å². The minimum atomic E-state index is -3.03. The van der Waals surface area contributed by atoms with Crippen LogP contribution in [0.15, 0.2) is 175 Å². The summed E-state index contributed by atoms with van der Waals surface area (Å²) in [6, 6.07) is -2.99. The SMILES string of the molecule is [2H]c1cc(C2(c3c([2H])c([2H])c([2H])c([2H])c3[2H])c3c([2H])c([2H])c([2H])c([2H])c3Oc3c([2H])c([2H])c(-c4c([2H])c([2H])c(-n5c6ccccc6c6ccccc65)c([2H])c4[2H])c([2H])c32)c([2H])c([2H])c1[2H]. The number of rotatable bonds is 4. The zero-order valence-electron chi connectivity index (χ0n) is 43.1. The van der Waals surface area contributed by atoms with E-state index in [1.165, 1.54) is 0 Å². The van der Waals surface area contributed by atoms with Crippen molar-refractivity contribution in [3.63, 3.8) is 0 Å². The predicted molar refractivity (Wildman–Crippen MR) is 185 cm³/mol. The number of ether oxygens (including phenoxy) is 1. The van der Waals surface area contributed by atoms with Gasteiger partial charge in [-0.05, 0) is 64.6 Å². The van der Waals surface area contributed by atoms with Crippen LogP contribution in [-0.4, -0.2) is 4.57 Å². The molecule has 1 aliphatic rings. The number of nitrogens with zero attached hydrogens (tertiary/aromatic N) is 1. The van der Waals surface area contributed by atoms with Gasteiger partial charge in [-0.3, -0.25) is 0 Å². The molecule has 2 heteroatoms. The first kappa shape index (κ1) is 12.6. The van der Waals surface area contributed by atoms with Gasteiger partial charge in [0.15, 0.2) is 0 Å². The molecule has 1 unspecified atom stereocenters. The van der Waals surface area contributed by atoms with E-state index in [0.29, 0.717) is 11.0 Å². The van der Waals surface area contributed by atoms with Crippen molar-refractivity contribution in [1.82, 2.24) is 4.57 Å². The second kappa shape index (κ2) is 10.1. The molecular weight excluding hydrogens is 546 g/mol. The number of benzene rings is 7. The van der Waals surface area contributed by atoms with E-state index in [1.807, 2.05) is 12.1 Å². The van der Waals surface area contributed by atoms with Crippen molar-refractivity contribution in [2.75, 3.05) is 0 Å². The first-order valence-corrected chi connectivity index (χ1v) is 13.8. The summed E-state index contributed by atoms with van der Waals surface area (Å²) in [5, 5.41) is 1.47. The first-order chi connectivity index (χ1) is 30.6. The Morgan fingerprint density at radius 1 is 0.489 bits per heavy atom. The van der Waals surface area contributed by atoms with Gasteiger partial charge in [-0.15, -0.1) is 0 Å². The highest BCUT2D eigenvalue weighted by Gasteiger charge is 2.45. The number of aromatic nitrogens is 1. The van der Waals surface area contributed by atoms with Crippen LogP contribution in [0.4, 0.5) is 0 Å². The van der Waals surface area contributed by atoms with Crippen molar-refractivity contribution in [3.05, 3.63) is 198 Å². The molecule has 0 saturated carbocycles. The fraction of sp³-hybridized carbons (Fsp3) is 0.0233. The lowest BCUT2D eigenvalue weighted by molar-refractivity contribution is 0.434. The van der Waals surface area contributed by atoms with Gasteiger partial charge in [-0.1, -0.05) is 133 Å². The Labute approximate surface area is 290 Å². The monoisotopic (exact) mass is 595 g/mol. The van der Waals surface area contributed by atoms with Crippen LogP contribution in [0.1, 0.15) is 49.7 Å². The molecule has 0 fully saturated rings. The van der Waals surface area contributed by atoms with Crippen molar-refractivity contribution in [2.24, 2.45) is 0 Å². The largest absolute Gasteiger partial charge is 0.457 e. The molecule has 0 radical (unpaired) electrons. The van der Waals surface area contributed by atoms with Crippen LogP contribution in [0.5, 0.6) is 11.5 Å². The fourth-order valence-corrected chi connectivity index (χ4v) is 6.01. The normalized spacial score (nSPS) is 21.6. The van der Waals surface area contributed by atoms with Crippen molar-refractivity contribution in [1.29, 1.82) is 0 Å². The third-order valence-electron chi connectivity index (χ3n) is 7.88. The van der Waals surface area contributed by atoms with Crippen molar-refractivity contribution < 1.29 is 32.2 Å². The Morgan fingerprint density at radius 2 is 1.09 bits per heavy atom. The lowest BCUT2D eigenvalue weighted by Crippen LogP contribution is -2.34. The van der Waals surface area contributed by atoms with E-state index in [1.54, 1.807) is 41.0 Å². The maximum Gasteiger partial charge on any atom is 0.132 e. The first-order valence-electron chi connectivity index (χ1n) is 23.8. The van der Waals surface area contributed by atoms with E-state index in [9.17, 15) is 15.1 Å². The van der Waals surface area contributed by atoms with Gasteiger partial charge >= 0.3 is 0 Å². The van der Waals surface area contributed by atoms with Crippen LogP contribution in [0, 0.1) is 0 Å². The smallest absolute Gasteiger partial charge is 0.132 e. The van der Waals surface area contributed by atoms with Crippen LogP contribution < -0.4 is 4.74 Å². The van der Waals surface area contributed by atoms with E-state index in [4.69, 9.17) is 17.1 Å². The standard InChI is InChI=1S/C43H29NO/c1-3-13-32(14-4-1)43(33-15-5-2-6-16-33)37-19-9-12-22-41(37)45-42-28-25-31(29-38(42)43)30-23-26-34(27-24-30)44-39-20-10-7-17-35(39)36-18-8-11-21-40(36)44/h1-29H/i1D,2D,3D,4D,5D,6D,9D,12D,13D,14D,15D,19D,22D,23D,24D,25D,26D,27D,28D,29D. The van der Waals surface area contributed by atoms with E-state index >= 15 is 0 Å². The summed E-state index contributed by atoms with van der Waals surface area (Å²) in [6.07, 6.45) is 0. The minimum Gasteiger partial charge on any atom is -0.457 e. The average Bonchev–Trinajstić information content (AvgIpc) is 3.62. The van der Waals surface area contributed by atoms with Crippen LogP contribution in [0.3, 0.4) is 0 Å². The quantitative estimate of drug-likeness (QED) is 0.197. The molecule has 9 rings (SSSR count). The van der Waals surface area contributed by atoms with Gasteiger partial charge in [-0.2, -0.15) is 0 Å². The van der Waals surface area contributed by atoms with Gasteiger partial charge in [0.2, 0.25) is 0 Å². The molecule has 7 aromatic carbocycles. The maximum atomic E-state index is 10.1. The molecule has 0 saturated heterocycles. The molecule has 1 aromatic heterocycles. The Hall–Kier alpha value is -5.86. The summed E-state index contributed by atoms with van der Waals surface area (Å²) in [5.41, 5.74) is -6.82. The van der Waals surface area contributed by atoms with E-state index < -0.39 is 171 Å². The second-order valence-electron chi connectivity index (χ2n) is 10.2. The van der Waals surface area contributed by atoms with Gasteiger partial charge in [0.05, 0.1) is 43.9 Å². The van der Waals surface area contributed by atoms with Crippen molar-refractivity contribution in [3.8, 4) is 28.3 Å². The maximum absolute atomic E-state index is 10.1. The molecule has 1 atom stereocenters. The van der Waals surface area contributed by atoms with Gasteiger partial charge in [-0.25, -0.2) is 0 Å². The molecule has 2 heterocycles. The Kier molecular flexibility index (Phi) is 2.84. The summed E-state index contributed by atoms with van der Waals surface area (Å²) in [5.74, 6) is -1.67. The second-order valence-corrected chi connectivity index (χ2v) is 10.2. The number of fused-ring (bicyclic) bond motifs is 5. The fourth-order valence-electron chi connectivity index (χ4n) is 6.01. The van der Waals surface area contributed by atoms with Crippen molar-refractivity contribution in [2.45, 2.75) is 5.41 Å². The number of hydrogen-bond acceptors (Lipinski definition) is 1. The Morgan fingerprint density at radius 3 is 1.84 bits per heavy atom. The zero-order valence-corrected chi connectivity index (χ0v) is 23.1. The van der Waals surface area contributed by atoms with Gasteiger partial charge < -0.3 is 9.30 Å². The molecule has 212 valence electrons. The molecular formula is C43H29NO. The average molecular weight is 596 g/mol. The van der Waals surface area contributed by atoms with Gasteiger partial charge in [0.25, 0.3) is 0 Å². The molecule has 0 aliphatic carbocycles. The predicted octanol–water partition coefficient (Wildman–Crippen LogP) is 10.9. The van der Waals surface area contributed by atoms with Crippen LogP contribution in [0.25, 0.3) is 38.6 Å². The molecule has 0 bridgehead atoms. The Bertz CT molecular complexity index is 3350. The summed E-state index contributed by atoms with van der Waals surface area (Å²) < 4.78 is 190. The topological polar surface area (TPSA) is 14.2 Å². The molecule has 0 spiro atoms. The summed E-state index contributed by atoms with van der Waals surface area (Å²) in [6.45, 7) is 0.